The molecule has 0 amide bonds. The Balaban J connectivity index is 1.90. The van der Waals surface area contributed by atoms with Crippen LogP contribution in [0.4, 0.5) is 5.13 Å². The summed E-state index contributed by atoms with van der Waals surface area (Å²) in [6.45, 7) is 4.55. The van der Waals surface area contributed by atoms with E-state index in [0.717, 1.165) is 31.3 Å². The number of nitrogens with zero attached hydrogens (tertiary/aromatic N) is 2. The number of hydrogen-bond donors (Lipinski definition) is 1. The van der Waals surface area contributed by atoms with Crippen molar-refractivity contribution in [3.05, 3.63) is 6.33 Å². The molecule has 1 heterocycles. The van der Waals surface area contributed by atoms with Gasteiger partial charge < -0.3 is 10.1 Å². The molecule has 4 nitrogen and oxygen atoms in total. The number of aromatic nitrogens is 2. The summed E-state index contributed by atoms with van der Waals surface area (Å²) < 4.78 is 9.24. The SMILES string of the molecule is CCCCOCCNc1ncns1. The van der Waals surface area contributed by atoms with Crippen LogP contribution in [0.1, 0.15) is 19.8 Å². The lowest BCUT2D eigenvalue weighted by molar-refractivity contribution is 0.141. The number of rotatable bonds is 7. The second-order valence-electron chi connectivity index (χ2n) is 2.64. The Labute approximate surface area is 82.5 Å². The normalized spacial score (nSPS) is 10.2. The van der Waals surface area contributed by atoms with Gasteiger partial charge in [-0.25, -0.2) is 4.98 Å². The van der Waals surface area contributed by atoms with E-state index in [0.29, 0.717) is 0 Å². The summed E-state index contributed by atoms with van der Waals surface area (Å²) in [5.74, 6) is 0. The quantitative estimate of drug-likeness (QED) is 0.683. The van der Waals surface area contributed by atoms with E-state index in [9.17, 15) is 0 Å². The van der Waals surface area contributed by atoms with Crippen LogP contribution in [0, 0.1) is 0 Å². The molecule has 0 aliphatic carbocycles. The average molecular weight is 201 g/mol. The summed E-state index contributed by atoms with van der Waals surface area (Å²) in [7, 11) is 0. The molecule has 1 aromatic heterocycles. The van der Waals surface area contributed by atoms with Crippen molar-refractivity contribution in [1.29, 1.82) is 0 Å². The first-order valence-corrected chi connectivity index (χ1v) is 5.29. The van der Waals surface area contributed by atoms with Crippen LogP contribution in [-0.4, -0.2) is 29.1 Å². The van der Waals surface area contributed by atoms with E-state index in [4.69, 9.17) is 4.74 Å². The topological polar surface area (TPSA) is 47.0 Å². The van der Waals surface area contributed by atoms with Crippen molar-refractivity contribution in [2.75, 3.05) is 25.1 Å². The van der Waals surface area contributed by atoms with Gasteiger partial charge in [0.25, 0.3) is 0 Å². The zero-order chi connectivity index (χ0) is 9.36. The molecule has 1 aromatic rings. The van der Waals surface area contributed by atoms with Crippen LogP contribution in [0.15, 0.2) is 6.33 Å². The maximum atomic E-state index is 5.37. The minimum Gasteiger partial charge on any atom is -0.380 e. The summed E-state index contributed by atoms with van der Waals surface area (Å²) in [6.07, 6.45) is 3.87. The predicted octanol–water partition coefficient (Wildman–Crippen LogP) is 1.77. The van der Waals surface area contributed by atoms with Gasteiger partial charge in [0.2, 0.25) is 5.13 Å². The highest BCUT2D eigenvalue weighted by Gasteiger charge is 1.93. The standard InChI is InChI=1S/C8H15N3OS/c1-2-3-5-12-6-4-9-8-10-7-11-13-8/h7H,2-6H2,1H3,(H,9,10,11). The van der Waals surface area contributed by atoms with Crippen LogP contribution < -0.4 is 5.32 Å². The Hall–Kier alpha value is -0.680. The molecule has 0 saturated heterocycles. The van der Waals surface area contributed by atoms with Gasteiger partial charge >= 0.3 is 0 Å². The second-order valence-corrected chi connectivity index (χ2v) is 3.42. The highest BCUT2D eigenvalue weighted by molar-refractivity contribution is 7.09. The van der Waals surface area contributed by atoms with Gasteiger partial charge in [-0.3, -0.25) is 0 Å². The van der Waals surface area contributed by atoms with Gasteiger partial charge in [-0.15, -0.1) is 0 Å². The van der Waals surface area contributed by atoms with Gasteiger partial charge in [-0.2, -0.15) is 4.37 Å². The second kappa shape index (κ2) is 6.80. The average Bonchev–Trinajstić information content (AvgIpc) is 2.63. The summed E-state index contributed by atoms with van der Waals surface area (Å²) in [6, 6.07) is 0. The van der Waals surface area contributed by atoms with Crippen molar-refractivity contribution in [2.24, 2.45) is 0 Å². The lowest BCUT2D eigenvalue weighted by Gasteiger charge is -2.03. The fourth-order valence-corrected chi connectivity index (χ4v) is 1.28. The molecule has 0 aliphatic heterocycles. The van der Waals surface area contributed by atoms with Crippen LogP contribution in [0.3, 0.4) is 0 Å². The lowest BCUT2D eigenvalue weighted by Crippen LogP contribution is -2.09. The monoisotopic (exact) mass is 201 g/mol. The van der Waals surface area contributed by atoms with Gasteiger partial charge in [-0.05, 0) is 6.42 Å². The Kier molecular flexibility index (Phi) is 5.44. The minimum absolute atomic E-state index is 0.736. The zero-order valence-electron chi connectivity index (χ0n) is 7.82. The molecule has 0 atom stereocenters. The molecule has 0 unspecified atom stereocenters. The fraction of sp³-hybridized carbons (Fsp3) is 0.750. The van der Waals surface area contributed by atoms with E-state index in [2.05, 4.69) is 21.6 Å². The van der Waals surface area contributed by atoms with Crippen molar-refractivity contribution in [1.82, 2.24) is 9.36 Å². The van der Waals surface area contributed by atoms with Crippen LogP contribution >= 0.6 is 11.5 Å². The Bertz CT molecular complexity index is 203. The Morgan fingerprint density at radius 1 is 1.54 bits per heavy atom. The maximum Gasteiger partial charge on any atom is 0.202 e. The van der Waals surface area contributed by atoms with Gasteiger partial charge in [0.15, 0.2) is 0 Å². The van der Waals surface area contributed by atoms with Gasteiger partial charge in [0, 0.05) is 24.7 Å². The first kappa shape index (κ1) is 10.4. The molecule has 1 rings (SSSR count). The summed E-state index contributed by atoms with van der Waals surface area (Å²) in [5.41, 5.74) is 0. The Morgan fingerprint density at radius 3 is 3.15 bits per heavy atom. The zero-order valence-corrected chi connectivity index (χ0v) is 8.64. The van der Waals surface area contributed by atoms with E-state index in [1.54, 1.807) is 6.33 Å². The number of hydrogen-bond acceptors (Lipinski definition) is 5. The molecular formula is C8H15N3OS. The third-order valence-corrected chi connectivity index (χ3v) is 2.15. The van der Waals surface area contributed by atoms with Gasteiger partial charge in [-0.1, -0.05) is 13.3 Å². The molecule has 5 heteroatoms. The van der Waals surface area contributed by atoms with Crippen LogP contribution in [0.25, 0.3) is 0 Å². The van der Waals surface area contributed by atoms with Crippen molar-refractivity contribution >= 4 is 16.7 Å². The van der Waals surface area contributed by atoms with E-state index >= 15 is 0 Å². The maximum absolute atomic E-state index is 5.37. The largest absolute Gasteiger partial charge is 0.380 e. The van der Waals surface area contributed by atoms with Crippen LogP contribution in [0.5, 0.6) is 0 Å². The summed E-state index contributed by atoms with van der Waals surface area (Å²) >= 11 is 1.36. The molecule has 0 aromatic carbocycles. The summed E-state index contributed by atoms with van der Waals surface area (Å²) in [5, 5.41) is 3.98. The van der Waals surface area contributed by atoms with Crippen LogP contribution in [0.2, 0.25) is 0 Å². The molecule has 1 N–H and O–H groups in total. The molecule has 0 saturated carbocycles. The first-order valence-electron chi connectivity index (χ1n) is 4.51. The number of ether oxygens (including phenoxy) is 1. The van der Waals surface area contributed by atoms with E-state index in [-0.39, 0.29) is 0 Å². The molecule has 0 radical (unpaired) electrons. The molecule has 0 spiro atoms. The smallest absolute Gasteiger partial charge is 0.202 e. The first-order chi connectivity index (χ1) is 6.43. The van der Waals surface area contributed by atoms with E-state index < -0.39 is 0 Å². The van der Waals surface area contributed by atoms with Crippen LogP contribution in [-0.2, 0) is 4.74 Å². The molecule has 13 heavy (non-hydrogen) atoms. The molecule has 0 bridgehead atoms. The molecule has 74 valence electrons. The number of unbranched alkanes of at least 4 members (excludes halogenated alkanes) is 1. The molecule has 0 aliphatic rings. The van der Waals surface area contributed by atoms with Crippen molar-refractivity contribution < 1.29 is 4.74 Å². The number of nitrogens with one attached hydrogen (secondary N) is 1. The summed E-state index contributed by atoms with van der Waals surface area (Å²) in [4.78, 5) is 3.99. The highest BCUT2D eigenvalue weighted by atomic mass is 32.1. The highest BCUT2D eigenvalue weighted by Crippen LogP contribution is 2.04. The van der Waals surface area contributed by atoms with Crippen molar-refractivity contribution in [3.63, 3.8) is 0 Å². The van der Waals surface area contributed by atoms with Crippen molar-refractivity contribution in [3.8, 4) is 0 Å². The van der Waals surface area contributed by atoms with Gasteiger partial charge in [0.05, 0.1) is 6.61 Å². The molecule has 0 fully saturated rings. The number of anilines is 1. The fourth-order valence-electron chi connectivity index (χ4n) is 0.830. The Morgan fingerprint density at radius 2 is 2.46 bits per heavy atom. The van der Waals surface area contributed by atoms with E-state index in [1.165, 1.54) is 18.0 Å². The molecular weight excluding hydrogens is 186 g/mol. The third kappa shape index (κ3) is 4.80. The predicted molar refractivity (Wildman–Crippen MR) is 54.1 cm³/mol. The van der Waals surface area contributed by atoms with E-state index in [1.807, 2.05) is 0 Å². The minimum atomic E-state index is 0.736. The lowest BCUT2D eigenvalue weighted by atomic mass is 10.4. The van der Waals surface area contributed by atoms with Crippen molar-refractivity contribution in [2.45, 2.75) is 19.8 Å². The van der Waals surface area contributed by atoms with Gasteiger partial charge in [0.1, 0.15) is 6.33 Å². The third-order valence-electron chi connectivity index (χ3n) is 1.53.